The molecule has 2 aliphatic carbocycles. The molecule has 1 saturated carbocycles. The second kappa shape index (κ2) is 12.0. The van der Waals surface area contributed by atoms with Crippen molar-refractivity contribution in [1.82, 2.24) is 10.0 Å². The summed E-state index contributed by atoms with van der Waals surface area (Å²) in [7, 11) is -4.02. The highest BCUT2D eigenvalue weighted by atomic mass is 32.2. The minimum atomic E-state index is -4.02. The quantitative estimate of drug-likeness (QED) is 0.274. The van der Waals surface area contributed by atoms with Crippen LogP contribution in [0.15, 0.2) is 77.0 Å². The first-order valence-corrected chi connectivity index (χ1v) is 17.1. The highest BCUT2D eigenvalue weighted by Gasteiger charge is 2.45. The molecule has 0 unspecified atom stereocenters. The van der Waals surface area contributed by atoms with E-state index in [1.807, 2.05) is 45.0 Å². The number of aryl methyl sites for hydroxylation is 3. The molecule has 2 amide bonds. The lowest BCUT2D eigenvalue weighted by atomic mass is 9.85. The Morgan fingerprint density at radius 2 is 1.63 bits per heavy atom. The van der Waals surface area contributed by atoms with Gasteiger partial charge in [0.2, 0.25) is 5.78 Å². The number of ketones is 1. The van der Waals surface area contributed by atoms with E-state index in [4.69, 9.17) is 9.47 Å². The van der Waals surface area contributed by atoms with Crippen LogP contribution in [-0.2, 0) is 21.2 Å². The molecule has 10 heteroatoms. The molecule has 3 aromatic rings. The molecule has 3 aliphatic rings. The SMILES string of the molecule is CCOC1=C2CN(c3ccc(CC4(NC(=O)NS(=O)(=O)c5c(C)cccc5C)CC4)cc3C)C=C2c2c(OCC)cccc2C1=O. The van der Waals surface area contributed by atoms with Crippen LogP contribution in [0.4, 0.5) is 10.5 Å². The van der Waals surface area contributed by atoms with E-state index in [2.05, 4.69) is 33.3 Å². The zero-order valence-corrected chi connectivity index (χ0v) is 27.6. The average molecular weight is 642 g/mol. The van der Waals surface area contributed by atoms with Crippen LogP contribution in [0.1, 0.15) is 64.9 Å². The second-order valence-corrected chi connectivity index (χ2v) is 13.8. The number of fused-ring (bicyclic) bond motifs is 3. The van der Waals surface area contributed by atoms with Gasteiger partial charge in [-0.15, -0.1) is 0 Å². The molecule has 1 heterocycles. The number of rotatable bonds is 10. The molecular formula is C36H39N3O6S. The van der Waals surface area contributed by atoms with E-state index in [1.54, 1.807) is 32.0 Å². The predicted octanol–water partition coefficient (Wildman–Crippen LogP) is 6.12. The molecule has 0 bridgehead atoms. The molecule has 1 aliphatic heterocycles. The number of ether oxygens (including phenoxy) is 2. The molecule has 9 nitrogen and oxygen atoms in total. The standard InChI is InChI=1S/C36H39N3O6S/c1-6-44-30-13-9-12-26-31(30)27-20-39(21-28(27)33(32(26)40)45-7-2)29-15-14-25(18-24(29)5)19-36(16-17-36)37-35(41)38-46(42,43)34-22(3)10-8-11-23(34)4/h8-15,18,20H,6-7,16-17,19,21H2,1-5H3,(H2,37,38,41). The normalized spacial score (nSPS) is 16.4. The molecular weight excluding hydrogens is 602 g/mol. The number of benzene rings is 3. The van der Waals surface area contributed by atoms with Crippen LogP contribution in [0.3, 0.4) is 0 Å². The summed E-state index contributed by atoms with van der Waals surface area (Å²) in [6.45, 7) is 10.6. The molecule has 6 rings (SSSR count). The first-order valence-electron chi connectivity index (χ1n) is 15.6. The number of carbonyl (C=O) groups excluding carboxylic acids is 2. The molecule has 0 aromatic heterocycles. The lowest BCUT2D eigenvalue weighted by Crippen LogP contribution is -2.46. The Morgan fingerprint density at radius 3 is 2.28 bits per heavy atom. The number of anilines is 1. The molecule has 3 aromatic carbocycles. The van der Waals surface area contributed by atoms with Crippen molar-refractivity contribution >= 4 is 33.1 Å². The summed E-state index contributed by atoms with van der Waals surface area (Å²) in [6.07, 6.45) is 4.15. The van der Waals surface area contributed by atoms with Gasteiger partial charge >= 0.3 is 6.03 Å². The van der Waals surface area contributed by atoms with Crippen molar-refractivity contribution in [2.24, 2.45) is 0 Å². The minimum absolute atomic E-state index is 0.129. The number of amides is 2. The van der Waals surface area contributed by atoms with Crippen LogP contribution in [-0.4, -0.2) is 45.5 Å². The summed E-state index contributed by atoms with van der Waals surface area (Å²) in [5.74, 6) is 0.925. The van der Waals surface area contributed by atoms with Crippen LogP contribution in [0.5, 0.6) is 5.75 Å². The van der Waals surface area contributed by atoms with E-state index in [-0.39, 0.29) is 10.7 Å². The maximum atomic E-state index is 13.5. The monoisotopic (exact) mass is 641 g/mol. The predicted molar refractivity (Wildman–Crippen MR) is 178 cm³/mol. The van der Waals surface area contributed by atoms with Crippen LogP contribution in [0, 0.1) is 20.8 Å². The number of sulfonamides is 1. The highest BCUT2D eigenvalue weighted by Crippen LogP contribution is 2.46. The van der Waals surface area contributed by atoms with Gasteiger partial charge < -0.3 is 19.7 Å². The first-order chi connectivity index (χ1) is 22.0. The van der Waals surface area contributed by atoms with Gasteiger partial charge in [-0.1, -0.05) is 42.5 Å². The third-order valence-electron chi connectivity index (χ3n) is 8.80. The molecule has 0 saturated heterocycles. The number of urea groups is 1. The number of Topliss-reactive ketones (excluding diaryl/α,β-unsaturated/α-hetero) is 1. The van der Waals surface area contributed by atoms with Gasteiger partial charge in [-0.25, -0.2) is 17.9 Å². The fourth-order valence-electron chi connectivity index (χ4n) is 6.63. The van der Waals surface area contributed by atoms with E-state index in [9.17, 15) is 18.0 Å². The zero-order chi connectivity index (χ0) is 32.8. The average Bonchev–Trinajstić information content (AvgIpc) is 3.58. The van der Waals surface area contributed by atoms with E-state index < -0.39 is 21.6 Å². The Morgan fingerprint density at radius 1 is 0.935 bits per heavy atom. The summed E-state index contributed by atoms with van der Waals surface area (Å²) in [4.78, 5) is 28.7. The van der Waals surface area contributed by atoms with Gasteiger partial charge in [0.1, 0.15) is 5.75 Å². The highest BCUT2D eigenvalue weighted by molar-refractivity contribution is 7.90. The van der Waals surface area contributed by atoms with E-state index in [1.165, 1.54) is 0 Å². The summed E-state index contributed by atoms with van der Waals surface area (Å²) in [6, 6.07) is 16.2. The van der Waals surface area contributed by atoms with Crippen molar-refractivity contribution in [2.75, 3.05) is 24.7 Å². The number of allylic oxidation sites excluding steroid dienone is 1. The van der Waals surface area contributed by atoms with Crippen molar-refractivity contribution in [2.45, 2.75) is 64.3 Å². The van der Waals surface area contributed by atoms with Crippen LogP contribution in [0.2, 0.25) is 0 Å². The summed E-state index contributed by atoms with van der Waals surface area (Å²) in [5.41, 5.74) is 6.87. The third-order valence-corrected chi connectivity index (χ3v) is 10.4. The smallest absolute Gasteiger partial charge is 0.329 e. The maximum absolute atomic E-state index is 13.5. The Balaban J connectivity index is 1.21. The van der Waals surface area contributed by atoms with Crippen molar-refractivity contribution in [3.8, 4) is 5.75 Å². The number of nitrogens with one attached hydrogen (secondary N) is 2. The summed E-state index contributed by atoms with van der Waals surface area (Å²) >= 11 is 0. The van der Waals surface area contributed by atoms with E-state index in [0.29, 0.717) is 54.4 Å². The summed E-state index contributed by atoms with van der Waals surface area (Å²) < 4.78 is 40.1. The van der Waals surface area contributed by atoms with Crippen molar-refractivity contribution in [1.29, 1.82) is 0 Å². The molecule has 1 fully saturated rings. The fourth-order valence-corrected chi connectivity index (χ4v) is 8.01. The van der Waals surface area contributed by atoms with Gasteiger partial charge in [0.05, 0.1) is 24.7 Å². The molecule has 240 valence electrons. The Labute approximate surface area is 270 Å². The third kappa shape index (κ3) is 5.77. The van der Waals surface area contributed by atoms with Crippen LogP contribution < -0.4 is 19.7 Å². The van der Waals surface area contributed by atoms with Gasteiger partial charge in [0, 0.05) is 39.7 Å². The molecule has 0 atom stereocenters. The minimum Gasteiger partial charge on any atom is -0.493 e. The molecule has 46 heavy (non-hydrogen) atoms. The van der Waals surface area contributed by atoms with Gasteiger partial charge in [0.25, 0.3) is 10.0 Å². The van der Waals surface area contributed by atoms with Crippen LogP contribution in [0.25, 0.3) is 5.57 Å². The number of hydrogen-bond donors (Lipinski definition) is 2. The Kier molecular flexibility index (Phi) is 8.18. The molecule has 2 N–H and O–H groups in total. The number of nitrogens with zero attached hydrogens (tertiary/aromatic N) is 1. The lowest BCUT2D eigenvalue weighted by Gasteiger charge is -2.23. The largest absolute Gasteiger partial charge is 0.493 e. The Bertz CT molecular complexity index is 1900. The topological polar surface area (TPSA) is 114 Å². The van der Waals surface area contributed by atoms with Crippen molar-refractivity contribution in [3.63, 3.8) is 0 Å². The molecule has 0 spiro atoms. The zero-order valence-electron chi connectivity index (χ0n) is 26.8. The lowest BCUT2D eigenvalue weighted by molar-refractivity contribution is 0.0920. The van der Waals surface area contributed by atoms with E-state index in [0.717, 1.165) is 46.4 Å². The van der Waals surface area contributed by atoms with Gasteiger partial charge in [0.15, 0.2) is 5.76 Å². The van der Waals surface area contributed by atoms with Gasteiger partial charge in [-0.3, -0.25) is 4.79 Å². The van der Waals surface area contributed by atoms with Crippen molar-refractivity contribution < 1.29 is 27.5 Å². The Hall–Kier alpha value is -4.57. The van der Waals surface area contributed by atoms with Gasteiger partial charge in [-0.2, -0.15) is 0 Å². The van der Waals surface area contributed by atoms with E-state index >= 15 is 0 Å². The van der Waals surface area contributed by atoms with Gasteiger partial charge in [-0.05, 0) is 88.3 Å². The number of carbonyl (C=O) groups is 2. The fraction of sp³-hybridized carbons (Fsp3) is 0.333. The molecule has 0 radical (unpaired) electrons. The second-order valence-electron chi connectivity index (χ2n) is 12.2. The first kappa shape index (κ1) is 31.4. The van der Waals surface area contributed by atoms with Crippen molar-refractivity contribution in [3.05, 3.63) is 106 Å². The summed E-state index contributed by atoms with van der Waals surface area (Å²) in [5, 5.41) is 2.94. The van der Waals surface area contributed by atoms with Crippen LogP contribution >= 0.6 is 0 Å². The number of hydrogen-bond acceptors (Lipinski definition) is 7. The maximum Gasteiger partial charge on any atom is 0.329 e.